The second-order valence-electron chi connectivity index (χ2n) is 6.78. The maximum Gasteiger partial charge on any atom is 0.229 e. The van der Waals surface area contributed by atoms with Crippen molar-refractivity contribution in [3.8, 4) is 0 Å². The summed E-state index contributed by atoms with van der Waals surface area (Å²) in [6.45, 7) is 2.83. The predicted octanol–water partition coefficient (Wildman–Crippen LogP) is 2.30. The predicted molar refractivity (Wildman–Crippen MR) is 78.2 cm³/mol. The van der Waals surface area contributed by atoms with Crippen molar-refractivity contribution in [1.82, 2.24) is 9.80 Å². The Bertz CT molecular complexity index is 525. The molecule has 3 fully saturated rings. The fourth-order valence-electron chi connectivity index (χ4n) is 4.06. The lowest BCUT2D eigenvalue weighted by atomic mass is 9.82. The minimum Gasteiger partial charge on any atom is -0.333 e. The van der Waals surface area contributed by atoms with Gasteiger partial charge >= 0.3 is 0 Å². The van der Waals surface area contributed by atoms with Crippen molar-refractivity contribution in [2.24, 2.45) is 11.3 Å². The van der Waals surface area contributed by atoms with E-state index in [0.717, 1.165) is 32.5 Å². The molecule has 1 aromatic carbocycles. The average Bonchev–Trinajstić information content (AvgIpc) is 3.01. The molecule has 1 saturated heterocycles. The first-order valence-electron chi connectivity index (χ1n) is 7.75. The number of likely N-dealkylation sites (N-methyl/N-ethyl adjacent to an activating group) is 1. The van der Waals surface area contributed by atoms with E-state index in [4.69, 9.17) is 0 Å². The van der Waals surface area contributed by atoms with Crippen molar-refractivity contribution in [2.75, 3.05) is 26.7 Å². The van der Waals surface area contributed by atoms with Crippen molar-refractivity contribution in [3.63, 3.8) is 0 Å². The highest BCUT2D eigenvalue weighted by Crippen LogP contribution is 2.68. The van der Waals surface area contributed by atoms with Crippen LogP contribution in [-0.4, -0.2) is 42.4 Å². The van der Waals surface area contributed by atoms with Crippen molar-refractivity contribution >= 4 is 5.91 Å². The molecule has 20 heavy (non-hydrogen) atoms. The van der Waals surface area contributed by atoms with Crippen LogP contribution in [0.5, 0.6) is 0 Å². The summed E-state index contributed by atoms with van der Waals surface area (Å²) < 4.78 is 0. The fraction of sp³-hybridized carbons (Fsp3) is 0.588. The van der Waals surface area contributed by atoms with Gasteiger partial charge in [-0.25, -0.2) is 0 Å². The summed E-state index contributed by atoms with van der Waals surface area (Å²) in [5.41, 5.74) is 1.35. The second kappa shape index (κ2) is 4.32. The van der Waals surface area contributed by atoms with Crippen LogP contribution in [0.3, 0.4) is 0 Å². The maximum absolute atomic E-state index is 12.9. The molecule has 106 valence electrons. The number of rotatable bonds is 2. The zero-order valence-electron chi connectivity index (χ0n) is 12.1. The van der Waals surface area contributed by atoms with Crippen molar-refractivity contribution in [2.45, 2.75) is 25.3 Å². The molecule has 1 aliphatic heterocycles. The highest BCUT2D eigenvalue weighted by Gasteiger charge is 2.67. The van der Waals surface area contributed by atoms with E-state index in [2.05, 4.69) is 41.1 Å². The van der Waals surface area contributed by atoms with Gasteiger partial charge < -0.3 is 9.80 Å². The van der Waals surface area contributed by atoms with Gasteiger partial charge in [0, 0.05) is 19.6 Å². The first kappa shape index (κ1) is 12.4. The van der Waals surface area contributed by atoms with Crippen molar-refractivity contribution in [3.05, 3.63) is 35.9 Å². The Labute approximate surface area is 120 Å². The van der Waals surface area contributed by atoms with E-state index < -0.39 is 0 Å². The number of fused-ring (bicyclic) bond motifs is 1. The molecule has 0 spiro atoms. The molecular weight excluding hydrogens is 248 g/mol. The van der Waals surface area contributed by atoms with Crippen LogP contribution in [0.4, 0.5) is 0 Å². The fourth-order valence-corrected chi connectivity index (χ4v) is 4.06. The molecular formula is C17H22N2O. The second-order valence-corrected chi connectivity index (χ2v) is 6.78. The number of benzene rings is 1. The highest BCUT2D eigenvalue weighted by atomic mass is 16.2. The SMILES string of the molecule is CN1CCN(C(=O)C23CCC2C3)C(c2ccccc2)C1. The zero-order chi connectivity index (χ0) is 13.7. The summed E-state index contributed by atoms with van der Waals surface area (Å²) in [6, 6.07) is 10.8. The van der Waals surface area contributed by atoms with Crippen LogP contribution < -0.4 is 0 Å². The maximum atomic E-state index is 12.9. The van der Waals surface area contributed by atoms with E-state index in [0.29, 0.717) is 11.8 Å². The van der Waals surface area contributed by atoms with E-state index in [1.54, 1.807) is 0 Å². The summed E-state index contributed by atoms with van der Waals surface area (Å²) in [7, 11) is 2.15. The van der Waals surface area contributed by atoms with E-state index in [1.165, 1.54) is 12.0 Å². The molecule has 1 heterocycles. The third-order valence-corrected chi connectivity index (χ3v) is 5.63. The molecule has 3 heteroatoms. The minimum absolute atomic E-state index is 0.0724. The van der Waals surface area contributed by atoms with Gasteiger partial charge in [0.15, 0.2) is 0 Å². The summed E-state index contributed by atoms with van der Waals surface area (Å²) in [4.78, 5) is 17.5. The van der Waals surface area contributed by atoms with Crippen LogP contribution >= 0.6 is 0 Å². The number of nitrogens with zero attached hydrogens (tertiary/aromatic N) is 2. The number of hydrogen-bond acceptors (Lipinski definition) is 2. The molecule has 3 aliphatic rings. The number of carbonyl (C=O) groups excluding carboxylic acids is 1. The lowest BCUT2D eigenvalue weighted by molar-refractivity contribution is -0.145. The molecule has 2 aliphatic carbocycles. The van der Waals surface area contributed by atoms with Crippen molar-refractivity contribution < 1.29 is 4.79 Å². The molecule has 4 rings (SSSR count). The molecule has 0 N–H and O–H groups in total. The van der Waals surface area contributed by atoms with Crippen LogP contribution in [0.25, 0.3) is 0 Å². The summed E-state index contributed by atoms with van der Waals surface area (Å²) in [5.74, 6) is 1.15. The van der Waals surface area contributed by atoms with Gasteiger partial charge in [0.2, 0.25) is 5.91 Å². The van der Waals surface area contributed by atoms with Gasteiger partial charge in [0.1, 0.15) is 0 Å². The monoisotopic (exact) mass is 270 g/mol. The largest absolute Gasteiger partial charge is 0.333 e. The summed E-state index contributed by atoms with van der Waals surface area (Å²) in [6.07, 6.45) is 3.56. The molecule has 1 amide bonds. The Kier molecular flexibility index (Phi) is 2.68. The molecule has 3 unspecified atom stereocenters. The Morgan fingerprint density at radius 1 is 1.25 bits per heavy atom. The van der Waals surface area contributed by atoms with Gasteiger partial charge in [0.05, 0.1) is 11.5 Å². The van der Waals surface area contributed by atoms with Gasteiger partial charge in [-0.2, -0.15) is 0 Å². The molecule has 1 aromatic rings. The van der Waals surface area contributed by atoms with Gasteiger partial charge in [-0.05, 0) is 37.8 Å². The van der Waals surface area contributed by atoms with E-state index in [-0.39, 0.29) is 11.5 Å². The van der Waals surface area contributed by atoms with E-state index in [1.807, 2.05) is 6.07 Å². The lowest BCUT2D eigenvalue weighted by Crippen LogP contribution is -2.52. The first-order valence-corrected chi connectivity index (χ1v) is 7.75. The van der Waals surface area contributed by atoms with Gasteiger partial charge in [-0.3, -0.25) is 4.79 Å². The van der Waals surface area contributed by atoms with Gasteiger partial charge in [0.25, 0.3) is 0 Å². The van der Waals surface area contributed by atoms with Gasteiger partial charge in [-0.1, -0.05) is 30.3 Å². The lowest BCUT2D eigenvalue weighted by Gasteiger charge is -2.43. The molecule has 3 nitrogen and oxygen atoms in total. The van der Waals surface area contributed by atoms with Crippen LogP contribution in [0.2, 0.25) is 0 Å². The van der Waals surface area contributed by atoms with E-state index in [9.17, 15) is 4.79 Å². The first-order chi connectivity index (χ1) is 9.71. The van der Waals surface area contributed by atoms with Crippen LogP contribution in [0.15, 0.2) is 30.3 Å². The minimum atomic E-state index is 0.0724. The third kappa shape index (κ3) is 1.72. The molecule has 0 aromatic heterocycles. The zero-order valence-corrected chi connectivity index (χ0v) is 12.1. The molecule has 3 atom stereocenters. The Morgan fingerprint density at radius 3 is 2.65 bits per heavy atom. The summed E-state index contributed by atoms with van der Waals surface area (Å²) in [5, 5.41) is 0. The standard InChI is InChI=1S/C17H22N2O/c1-18-9-10-19(16(20)17-8-7-14(17)11-17)15(12-18)13-5-3-2-4-6-13/h2-6,14-15H,7-12H2,1H3. The van der Waals surface area contributed by atoms with Gasteiger partial charge in [-0.15, -0.1) is 0 Å². The quantitative estimate of drug-likeness (QED) is 0.823. The number of hydrogen-bond donors (Lipinski definition) is 0. The topological polar surface area (TPSA) is 23.6 Å². The van der Waals surface area contributed by atoms with Crippen molar-refractivity contribution in [1.29, 1.82) is 0 Å². The van der Waals surface area contributed by atoms with Crippen LogP contribution in [-0.2, 0) is 4.79 Å². The summed E-state index contributed by atoms with van der Waals surface area (Å²) >= 11 is 0. The Hall–Kier alpha value is -1.35. The van der Waals surface area contributed by atoms with Crippen LogP contribution in [0, 0.1) is 11.3 Å². The third-order valence-electron chi connectivity index (χ3n) is 5.63. The number of carbonyl (C=O) groups is 1. The highest BCUT2D eigenvalue weighted by molar-refractivity contribution is 5.88. The average molecular weight is 270 g/mol. The molecule has 2 saturated carbocycles. The number of piperazine rings is 1. The molecule has 0 radical (unpaired) electrons. The van der Waals surface area contributed by atoms with Crippen LogP contribution in [0.1, 0.15) is 30.9 Å². The smallest absolute Gasteiger partial charge is 0.229 e. The molecule has 0 bridgehead atoms. The normalized spacial score (nSPS) is 36.1. The Morgan fingerprint density at radius 2 is 2.05 bits per heavy atom. The number of amides is 1. The van der Waals surface area contributed by atoms with E-state index >= 15 is 0 Å². The Balaban J connectivity index is 1.61.